The fraction of sp³-hybridized carbons (Fsp3) is 0.143. The van der Waals surface area contributed by atoms with E-state index >= 15 is 0 Å². The van der Waals surface area contributed by atoms with Crippen molar-refractivity contribution in [3.63, 3.8) is 0 Å². The smallest absolute Gasteiger partial charge is 0.0540 e. The highest BCUT2D eigenvalue weighted by atomic mass is 15.0. The van der Waals surface area contributed by atoms with Gasteiger partial charge in [0.1, 0.15) is 0 Å². The van der Waals surface area contributed by atoms with Crippen LogP contribution in [0.4, 0.5) is 0 Å². The molecule has 0 bridgehead atoms. The summed E-state index contributed by atoms with van der Waals surface area (Å²) in [6.07, 6.45) is 6.27. The number of aryl methyl sites for hydroxylation is 2. The van der Waals surface area contributed by atoms with Gasteiger partial charge in [0, 0.05) is 16.3 Å². The summed E-state index contributed by atoms with van der Waals surface area (Å²) < 4.78 is 2.30. The Labute approximate surface area is 172 Å². The summed E-state index contributed by atoms with van der Waals surface area (Å²) in [6.45, 7) is 12.9. The Bertz CT molecular complexity index is 1310. The second-order valence-corrected chi connectivity index (χ2v) is 7.69. The van der Waals surface area contributed by atoms with Crippen LogP contribution in [0.5, 0.6) is 0 Å². The van der Waals surface area contributed by atoms with Crippen LogP contribution in [0.15, 0.2) is 72.8 Å². The molecular weight excluding hydrogens is 350 g/mol. The van der Waals surface area contributed by atoms with Crippen LogP contribution >= 0.6 is 0 Å². The second-order valence-electron chi connectivity index (χ2n) is 7.69. The van der Waals surface area contributed by atoms with Crippen LogP contribution in [-0.4, -0.2) is 4.57 Å². The van der Waals surface area contributed by atoms with Gasteiger partial charge in [-0.2, -0.15) is 0 Å². The molecule has 1 aromatic heterocycles. The zero-order chi connectivity index (χ0) is 20.5. The average molecular weight is 378 g/mol. The lowest BCUT2D eigenvalue weighted by atomic mass is 9.96. The van der Waals surface area contributed by atoms with E-state index in [1.54, 1.807) is 0 Å². The summed E-state index contributed by atoms with van der Waals surface area (Å²) >= 11 is 0. The summed E-state index contributed by atoms with van der Waals surface area (Å²) in [5, 5.41) is 3.38. The van der Waals surface area contributed by atoms with Crippen LogP contribution in [0.2, 0.25) is 0 Å². The Morgan fingerprint density at radius 1 is 0.828 bits per heavy atom. The molecule has 1 nitrogen and oxygen atoms in total. The van der Waals surface area contributed by atoms with Gasteiger partial charge < -0.3 is 4.57 Å². The molecule has 0 N–H and O–H groups in total. The molecule has 0 unspecified atom stereocenters. The Morgan fingerprint density at radius 2 is 1.48 bits per heavy atom. The predicted molar refractivity (Wildman–Crippen MR) is 127 cm³/mol. The van der Waals surface area contributed by atoms with Crippen LogP contribution in [0, 0.1) is 20.8 Å². The summed E-state index contributed by atoms with van der Waals surface area (Å²) in [5.74, 6) is 0. The van der Waals surface area contributed by atoms with E-state index in [0.29, 0.717) is 0 Å². The molecule has 0 aliphatic rings. The number of nitrogens with zero attached hydrogens (tertiary/aromatic N) is 1. The fourth-order valence-corrected chi connectivity index (χ4v) is 3.97. The van der Waals surface area contributed by atoms with Crippen molar-refractivity contribution in [1.29, 1.82) is 0 Å². The van der Waals surface area contributed by atoms with Crippen molar-refractivity contribution in [1.82, 2.24) is 4.57 Å². The normalized spacial score (nSPS) is 12.3. The zero-order valence-electron chi connectivity index (χ0n) is 17.7. The lowest BCUT2D eigenvalue weighted by molar-refractivity contribution is 1.07. The first-order valence-corrected chi connectivity index (χ1v) is 10.1. The predicted octanol–water partition coefficient (Wildman–Crippen LogP) is 5.99. The maximum Gasteiger partial charge on any atom is 0.0540 e. The summed E-state index contributed by atoms with van der Waals surface area (Å²) in [5.41, 5.74) is 8.89. The number of aromatic nitrogens is 1. The molecule has 4 rings (SSSR count). The highest BCUT2D eigenvalue weighted by Crippen LogP contribution is 2.26. The Kier molecular flexibility index (Phi) is 4.98. The van der Waals surface area contributed by atoms with Crippen molar-refractivity contribution in [2.75, 3.05) is 0 Å². The molecular formula is C28H27N. The molecule has 1 heterocycles. The van der Waals surface area contributed by atoms with Crippen LogP contribution in [0.1, 0.15) is 23.6 Å². The highest BCUT2D eigenvalue weighted by Gasteiger charge is 2.09. The molecule has 0 atom stereocenters. The Balaban J connectivity index is 1.89. The van der Waals surface area contributed by atoms with E-state index in [0.717, 1.165) is 16.3 Å². The zero-order valence-corrected chi connectivity index (χ0v) is 17.7. The molecule has 29 heavy (non-hydrogen) atoms. The van der Waals surface area contributed by atoms with Crippen LogP contribution in [0.25, 0.3) is 40.4 Å². The molecule has 0 spiro atoms. The van der Waals surface area contributed by atoms with E-state index in [1.165, 1.54) is 38.7 Å². The number of allylic oxidation sites excluding steroid dienone is 2. The number of hydrogen-bond acceptors (Lipinski definition) is 0. The van der Waals surface area contributed by atoms with Gasteiger partial charge in [-0.3, -0.25) is 0 Å². The fourth-order valence-electron chi connectivity index (χ4n) is 3.97. The van der Waals surface area contributed by atoms with Crippen LogP contribution in [-0.2, 0) is 0 Å². The minimum Gasteiger partial charge on any atom is -0.309 e. The van der Waals surface area contributed by atoms with E-state index in [9.17, 15) is 0 Å². The third-order valence-corrected chi connectivity index (χ3v) is 5.85. The molecule has 0 aliphatic carbocycles. The monoisotopic (exact) mass is 377 g/mol. The van der Waals surface area contributed by atoms with Gasteiger partial charge in [0.2, 0.25) is 0 Å². The van der Waals surface area contributed by atoms with E-state index in [1.807, 2.05) is 13.0 Å². The van der Waals surface area contributed by atoms with Gasteiger partial charge in [-0.05, 0) is 79.8 Å². The van der Waals surface area contributed by atoms with Gasteiger partial charge in [0.05, 0.1) is 10.9 Å². The highest BCUT2D eigenvalue weighted by molar-refractivity contribution is 5.83. The van der Waals surface area contributed by atoms with Crippen molar-refractivity contribution < 1.29 is 0 Å². The molecule has 0 radical (unpaired) electrons. The molecule has 0 aliphatic heterocycles. The molecule has 0 fully saturated rings. The molecule has 144 valence electrons. The van der Waals surface area contributed by atoms with Crippen molar-refractivity contribution >= 4 is 23.6 Å². The maximum atomic E-state index is 4.35. The van der Waals surface area contributed by atoms with Crippen LogP contribution in [0.3, 0.4) is 0 Å². The summed E-state index contributed by atoms with van der Waals surface area (Å²) in [6, 6.07) is 21.9. The molecule has 0 amide bonds. The van der Waals surface area contributed by atoms with Crippen molar-refractivity contribution in [3.05, 3.63) is 100 Å². The summed E-state index contributed by atoms with van der Waals surface area (Å²) in [4.78, 5) is 0. The first-order chi connectivity index (χ1) is 14.0. The van der Waals surface area contributed by atoms with Gasteiger partial charge >= 0.3 is 0 Å². The first-order valence-electron chi connectivity index (χ1n) is 10.1. The minimum atomic E-state index is 1.06. The molecule has 3 aromatic carbocycles. The molecule has 4 aromatic rings. The third-order valence-electron chi connectivity index (χ3n) is 5.85. The Morgan fingerprint density at radius 3 is 2.14 bits per heavy atom. The number of rotatable bonds is 3. The molecule has 0 saturated heterocycles. The lowest BCUT2D eigenvalue weighted by Crippen LogP contribution is -2.26. The summed E-state index contributed by atoms with van der Waals surface area (Å²) in [7, 11) is 0. The topological polar surface area (TPSA) is 4.93 Å². The van der Waals surface area contributed by atoms with Gasteiger partial charge in [-0.15, -0.1) is 0 Å². The molecule has 1 heteroatoms. The van der Waals surface area contributed by atoms with E-state index < -0.39 is 0 Å². The number of benzene rings is 3. The maximum absolute atomic E-state index is 4.35. The lowest BCUT2D eigenvalue weighted by Gasteiger charge is -2.11. The van der Waals surface area contributed by atoms with E-state index in [-0.39, 0.29) is 0 Å². The van der Waals surface area contributed by atoms with E-state index in [2.05, 4.69) is 105 Å². The standard InChI is InChI=1S/C28H27N/c1-6-7-11-27-22(5)26-10-8-9-12-28(26)29(27)25-15-13-23(14-16-25)24-17-19(2)21(4)20(3)18-24/h6-18H,5H2,1-4H3/b7-6-,27-11+. The molecule has 0 saturated carbocycles. The van der Waals surface area contributed by atoms with Crippen molar-refractivity contribution in [2.24, 2.45) is 0 Å². The average Bonchev–Trinajstić information content (AvgIpc) is 3.02. The number of hydrogen-bond donors (Lipinski definition) is 0. The quantitative estimate of drug-likeness (QED) is 0.413. The minimum absolute atomic E-state index is 1.06. The van der Waals surface area contributed by atoms with Gasteiger partial charge in [-0.25, -0.2) is 0 Å². The SMILES string of the molecule is C=c1/c(=C\C=C/C)n(-c2ccc(-c3cc(C)c(C)c(C)c3)cc2)c2ccccc12. The second kappa shape index (κ2) is 7.60. The first kappa shape index (κ1) is 19.0. The largest absolute Gasteiger partial charge is 0.309 e. The van der Waals surface area contributed by atoms with Gasteiger partial charge in [0.15, 0.2) is 0 Å². The number of para-hydroxylation sites is 1. The van der Waals surface area contributed by atoms with E-state index in [4.69, 9.17) is 0 Å². The van der Waals surface area contributed by atoms with Crippen LogP contribution < -0.4 is 10.6 Å². The third kappa shape index (κ3) is 3.34. The van der Waals surface area contributed by atoms with Gasteiger partial charge in [-0.1, -0.05) is 61.2 Å². The Hall–Kier alpha value is -3.32. The number of fused-ring (bicyclic) bond motifs is 1. The van der Waals surface area contributed by atoms with Crippen molar-refractivity contribution in [3.8, 4) is 16.8 Å². The van der Waals surface area contributed by atoms with Crippen molar-refractivity contribution in [2.45, 2.75) is 27.7 Å². The van der Waals surface area contributed by atoms with Gasteiger partial charge in [0.25, 0.3) is 0 Å².